The van der Waals surface area contributed by atoms with Gasteiger partial charge in [-0.15, -0.1) is 0 Å². The van der Waals surface area contributed by atoms with Crippen LogP contribution < -0.4 is 5.32 Å². The zero-order chi connectivity index (χ0) is 45.6. The Morgan fingerprint density at radius 1 is 0.726 bits per heavy atom. The van der Waals surface area contributed by atoms with E-state index in [2.05, 4.69) is 203 Å². The van der Waals surface area contributed by atoms with Gasteiger partial charge in [-0.3, -0.25) is 0 Å². The van der Waals surface area contributed by atoms with Crippen LogP contribution in [0.4, 0.5) is 5.69 Å². The number of hydrogen-bond donors (Lipinski definition) is 1. The Kier molecular flexibility index (Phi) is 20.8. The summed E-state index contributed by atoms with van der Waals surface area (Å²) in [5, 5.41) is 5.10. The van der Waals surface area contributed by atoms with Gasteiger partial charge in [-0.2, -0.15) is 0 Å². The van der Waals surface area contributed by atoms with Crippen LogP contribution in [0.15, 0.2) is 206 Å². The number of nitrogens with zero attached hydrogens (tertiary/aromatic N) is 2. The summed E-state index contributed by atoms with van der Waals surface area (Å²) in [6.07, 6.45) is 33.2. The predicted molar refractivity (Wildman–Crippen MR) is 281 cm³/mol. The number of fused-ring (bicyclic) bond motifs is 3. The van der Waals surface area contributed by atoms with E-state index in [1.165, 1.54) is 27.9 Å². The summed E-state index contributed by atoms with van der Waals surface area (Å²) in [6, 6.07) is 26.1. The van der Waals surface area contributed by atoms with Gasteiger partial charge in [0, 0.05) is 45.0 Å². The van der Waals surface area contributed by atoms with E-state index in [9.17, 15) is 0 Å². The van der Waals surface area contributed by atoms with Crippen molar-refractivity contribution in [2.45, 2.75) is 89.0 Å². The normalized spacial score (nSPS) is 13.0. The van der Waals surface area contributed by atoms with Crippen molar-refractivity contribution in [3.05, 3.63) is 222 Å². The van der Waals surface area contributed by atoms with Gasteiger partial charge < -0.3 is 14.5 Å². The lowest BCUT2D eigenvalue weighted by Crippen LogP contribution is -2.04. The van der Waals surface area contributed by atoms with E-state index in [0.717, 1.165) is 74.4 Å². The summed E-state index contributed by atoms with van der Waals surface area (Å²) in [6.45, 7) is 35.5. The number of nitrogens with one attached hydrogen (secondary N) is 1. The van der Waals surface area contributed by atoms with Gasteiger partial charge in [0.1, 0.15) is 0 Å². The SMILES string of the molecule is C=C/C=C\C(=C/C)c1cc2c3c(c(/C=C\C)c(CC)n3-c3ccccc3)n(-c3ccccc3)c2cc1NC(=C/C(=C)/C(C=C)=C/C=C\C)/C=C(C)/C(C)=C/C=C\CC.CC.CC. The molecule has 5 rings (SSSR count). The van der Waals surface area contributed by atoms with Crippen LogP contribution >= 0.6 is 0 Å². The lowest BCUT2D eigenvalue weighted by atomic mass is 9.99. The van der Waals surface area contributed by atoms with Gasteiger partial charge in [-0.25, -0.2) is 0 Å². The van der Waals surface area contributed by atoms with Gasteiger partial charge in [-0.1, -0.05) is 177 Å². The molecule has 2 aromatic heterocycles. The van der Waals surface area contributed by atoms with Gasteiger partial charge in [0.2, 0.25) is 0 Å². The second kappa shape index (κ2) is 25.9. The second-order valence-electron chi connectivity index (χ2n) is 14.1. The van der Waals surface area contributed by atoms with Gasteiger partial charge in [0.15, 0.2) is 0 Å². The van der Waals surface area contributed by atoms with Crippen molar-refractivity contribution in [3.63, 3.8) is 0 Å². The standard InChI is InChI=1S/C55H59N3.2C2H6/c1-11-18-23-29-40(8)41(9)36-45(37-42(10)43(15-5)30-19-12-2)56-51-39-53-50(38-49(51)44(16-6)31-20-13-3)55-54(58(53)47-34-26-22-27-35-47)48(28-14-4)52(17-7)57(55)46-32-24-21-25-33-46;2*1-2/h12-16,18-39,56H,3,5,10-11,17H2,1-2,4,6-9H3;2*1-2H3/b19-12-,23-18-,28-14-,31-20-,40-29+,41-36+,43-30+,44-16+,45-37+;;. The van der Waals surface area contributed by atoms with Gasteiger partial charge in [0.05, 0.1) is 16.6 Å². The highest BCUT2D eigenvalue weighted by atomic mass is 15.1. The Morgan fingerprint density at radius 2 is 1.37 bits per heavy atom. The molecule has 3 heteroatoms. The van der Waals surface area contributed by atoms with Crippen molar-refractivity contribution >= 4 is 39.3 Å². The number of rotatable bonds is 17. The topological polar surface area (TPSA) is 21.9 Å². The minimum atomic E-state index is 0.853. The predicted octanol–water partition coefficient (Wildman–Crippen LogP) is 17.8. The molecule has 0 radical (unpaired) electrons. The molecule has 0 saturated carbocycles. The molecule has 3 aromatic carbocycles. The van der Waals surface area contributed by atoms with Crippen molar-refractivity contribution in [3.8, 4) is 11.4 Å². The minimum Gasteiger partial charge on any atom is -0.355 e. The fourth-order valence-corrected chi connectivity index (χ4v) is 7.31. The molecule has 0 fully saturated rings. The Hall–Kier alpha value is -6.58. The number of benzene rings is 3. The Balaban J connectivity index is 0.00000249. The highest BCUT2D eigenvalue weighted by Crippen LogP contribution is 2.43. The van der Waals surface area contributed by atoms with Crippen LogP contribution in [0.2, 0.25) is 0 Å². The number of hydrogen-bond acceptors (Lipinski definition) is 1. The minimum absolute atomic E-state index is 0.853. The average Bonchev–Trinajstić information content (AvgIpc) is 3.80. The van der Waals surface area contributed by atoms with E-state index >= 15 is 0 Å². The lowest BCUT2D eigenvalue weighted by Gasteiger charge is -2.18. The molecule has 0 aliphatic heterocycles. The molecule has 0 aliphatic rings. The molecule has 1 N–H and O–H groups in total. The molecule has 5 aromatic rings. The molecular formula is C59H71N3. The summed E-state index contributed by atoms with van der Waals surface area (Å²) < 4.78 is 4.91. The Morgan fingerprint density at radius 3 is 1.92 bits per heavy atom. The zero-order valence-corrected chi connectivity index (χ0v) is 39.5. The van der Waals surface area contributed by atoms with E-state index < -0.39 is 0 Å². The summed E-state index contributed by atoms with van der Waals surface area (Å²) in [7, 11) is 0. The number of anilines is 1. The zero-order valence-electron chi connectivity index (χ0n) is 39.5. The third-order valence-corrected chi connectivity index (χ3v) is 10.2. The highest BCUT2D eigenvalue weighted by Gasteiger charge is 2.26. The maximum Gasteiger partial charge on any atom is 0.0801 e. The third-order valence-electron chi connectivity index (χ3n) is 10.2. The lowest BCUT2D eigenvalue weighted by molar-refractivity contribution is 0.959. The molecular weight excluding hydrogens is 751 g/mol. The number of para-hydroxylation sites is 2. The van der Waals surface area contributed by atoms with Crippen LogP contribution in [0.5, 0.6) is 0 Å². The van der Waals surface area contributed by atoms with Crippen LogP contribution in [-0.2, 0) is 6.42 Å². The quantitative estimate of drug-likeness (QED) is 0.0927. The molecule has 0 bridgehead atoms. The summed E-state index contributed by atoms with van der Waals surface area (Å²) >= 11 is 0. The average molecular weight is 822 g/mol. The monoisotopic (exact) mass is 822 g/mol. The highest BCUT2D eigenvalue weighted by molar-refractivity contribution is 6.14. The van der Waals surface area contributed by atoms with Gasteiger partial charge in [-0.05, 0) is 124 Å². The fraction of sp³-hybridized carbons (Fsp3) is 0.220. The van der Waals surface area contributed by atoms with Gasteiger partial charge >= 0.3 is 0 Å². The van der Waals surface area contributed by atoms with Crippen LogP contribution in [0.25, 0.3) is 45.0 Å². The van der Waals surface area contributed by atoms with Crippen molar-refractivity contribution in [1.29, 1.82) is 0 Å². The van der Waals surface area contributed by atoms with E-state index in [1.807, 2.05) is 71.1 Å². The molecule has 0 unspecified atom stereocenters. The van der Waals surface area contributed by atoms with E-state index in [0.29, 0.717) is 0 Å². The molecule has 0 aliphatic carbocycles. The Bertz CT molecular complexity index is 2560. The van der Waals surface area contributed by atoms with E-state index in [1.54, 1.807) is 0 Å². The molecule has 3 nitrogen and oxygen atoms in total. The van der Waals surface area contributed by atoms with Crippen molar-refractivity contribution < 1.29 is 0 Å². The largest absolute Gasteiger partial charge is 0.355 e. The van der Waals surface area contributed by atoms with Crippen molar-refractivity contribution in [1.82, 2.24) is 9.13 Å². The maximum absolute atomic E-state index is 4.50. The third kappa shape index (κ3) is 11.8. The molecule has 2 heterocycles. The summed E-state index contributed by atoms with van der Waals surface area (Å²) in [4.78, 5) is 0. The second-order valence-corrected chi connectivity index (χ2v) is 14.1. The van der Waals surface area contributed by atoms with Crippen LogP contribution in [0, 0.1) is 0 Å². The van der Waals surface area contributed by atoms with E-state index in [4.69, 9.17) is 0 Å². The van der Waals surface area contributed by atoms with Crippen molar-refractivity contribution in [2.75, 3.05) is 5.32 Å². The van der Waals surface area contributed by atoms with Crippen LogP contribution in [0.3, 0.4) is 0 Å². The Labute approximate surface area is 375 Å². The first kappa shape index (κ1) is 49.8. The molecule has 322 valence electrons. The van der Waals surface area contributed by atoms with Crippen molar-refractivity contribution in [2.24, 2.45) is 0 Å². The molecule has 0 spiro atoms. The molecule has 0 amide bonds. The first-order valence-electron chi connectivity index (χ1n) is 22.4. The number of allylic oxidation sites excluding steroid dienone is 19. The first-order chi connectivity index (χ1) is 30.3. The van der Waals surface area contributed by atoms with Crippen LogP contribution in [-0.4, -0.2) is 9.13 Å². The number of aromatic nitrogens is 2. The first-order valence-corrected chi connectivity index (χ1v) is 22.4. The molecule has 62 heavy (non-hydrogen) atoms. The van der Waals surface area contributed by atoms with E-state index in [-0.39, 0.29) is 0 Å². The molecule has 0 saturated heterocycles. The van der Waals surface area contributed by atoms with Crippen LogP contribution in [0.1, 0.15) is 99.4 Å². The summed E-state index contributed by atoms with van der Waals surface area (Å²) in [5.74, 6) is 0. The fourth-order valence-electron chi connectivity index (χ4n) is 7.31. The molecule has 0 atom stereocenters. The summed E-state index contributed by atoms with van der Waals surface area (Å²) in [5.41, 5.74) is 16.3. The maximum atomic E-state index is 4.50. The smallest absolute Gasteiger partial charge is 0.0801 e. The van der Waals surface area contributed by atoms with Gasteiger partial charge in [0.25, 0.3) is 0 Å².